The summed E-state index contributed by atoms with van der Waals surface area (Å²) in [7, 11) is 7.83. The van der Waals surface area contributed by atoms with E-state index < -0.39 is 0 Å². The first-order valence-corrected chi connectivity index (χ1v) is 4.94. The van der Waals surface area contributed by atoms with Crippen molar-refractivity contribution in [1.29, 1.82) is 0 Å². The molecule has 0 radical (unpaired) electrons. The van der Waals surface area contributed by atoms with E-state index in [-0.39, 0.29) is 5.41 Å². The van der Waals surface area contributed by atoms with Gasteiger partial charge in [-0.3, -0.25) is 4.99 Å². The minimum atomic E-state index is 0.246. The maximum Gasteiger partial charge on any atom is 0.190 e. The smallest absolute Gasteiger partial charge is 0.190 e. The predicted octanol–water partition coefficient (Wildman–Crippen LogP) is 0.369. The molecule has 0 bridgehead atoms. The first-order chi connectivity index (χ1) is 6.41. The van der Waals surface area contributed by atoms with Gasteiger partial charge in [-0.05, 0) is 19.5 Å². The summed E-state index contributed by atoms with van der Waals surface area (Å²) in [5.41, 5.74) is 0.246. The molecule has 2 N–H and O–H groups in total. The highest BCUT2D eigenvalue weighted by Crippen LogP contribution is 2.13. The second kappa shape index (κ2) is 5.86. The highest BCUT2D eigenvalue weighted by molar-refractivity contribution is 5.79. The zero-order valence-corrected chi connectivity index (χ0v) is 10.3. The molecular formula is C10H24N4. The van der Waals surface area contributed by atoms with Crippen LogP contribution in [0.25, 0.3) is 0 Å². The van der Waals surface area contributed by atoms with Crippen molar-refractivity contribution >= 4 is 5.96 Å². The third-order valence-corrected chi connectivity index (χ3v) is 1.94. The van der Waals surface area contributed by atoms with Gasteiger partial charge in [-0.25, -0.2) is 0 Å². The zero-order chi connectivity index (χ0) is 11.2. The van der Waals surface area contributed by atoms with Crippen molar-refractivity contribution in [2.75, 3.05) is 41.3 Å². The van der Waals surface area contributed by atoms with Gasteiger partial charge < -0.3 is 15.5 Å². The van der Waals surface area contributed by atoms with Gasteiger partial charge in [-0.1, -0.05) is 13.8 Å². The van der Waals surface area contributed by atoms with E-state index in [4.69, 9.17) is 0 Å². The van der Waals surface area contributed by atoms with E-state index in [1.54, 1.807) is 7.05 Å². The van der Waals surface area contributed by atoms with Crippen LogP contribution in [-0.2, 0) is 0 Å². The number of hydrogen-bond donors (Lipinski definition) is 2. The molecule has 4 nitrogen and oxygen atoms in total. The Bertz CT molecular complexity index is 185. The number of rotatable bonds is 4. The van der Waals surface area contributed by atoms with E-state index in [9.17, 15) is 0 Å². The molecule has 0 unspecified atom stereocenters. The Balaban J connectivity index is 3.97. The van der Waals surface area contributed by atoms with E-state index in [1.807, 2.05) is 7.05 Å². The standard InChI is InChI=1S/C10H24N4/c1-10(2,8-14(5)6)7-13-9(11-3)12-4/h7-8H2,1-6H3,(H2,11,12,13). The largest absolute Gasteiger partial charge is 0.359 e. The molecule has 0 atom stereocenters. The van der Waals surface area contributed by atoms with E-state index >= 15 is 0 Å². The summed E-state index contributed by atoms with van der Waals surface area (Å²) in [6.07, 6.45) is 0. The van der Waals surface area contributed by atoms with Gasteiger partial charge in [0.2, 0.25) is 0 Å². The number of guanidine groups is 1. The molecule has 0 heterocycles. The Hall–Kier alpha value is -0.770. The van der Waals surface area contributed by atoms with Crippen LogP contribution in [0.5, 0.6) is 0 Å². The molecule has 14 heavy (non-hydrogen) atoms. The summed E-state index contributed by atoms with van der Waals surface area (Å²) >= 11 is 0. The van der Waals surface area contributed by atoms with Gasteiger partial charge >= 0.3 is 0 Å². The Kier molecular flexibility index (Phi) is 5.53. The number of hydrogen-bond acceptors (Lipinski definition) is 2. The summed E-state index contributed by atoms with van der Waals surface area (Å²) in [4.78, 5) is 6.27. The van der Waals surface area contributed by atoms with Crippen molar-refractivity contribution in [2.24, 2.45) is 10.4 Å². The summed E-state index contributed by atoms with van der Waals surface area (Å²) in [6, 6.07) is 0. The molecule has 0 rings (SSSR count). The van der Waals surface area contributed by atoms with Gasteiger partial charge in [0.1, 0.15) is 0 Å². The van der Waals surface area contributed by atoms with Crippen LogP contribution < -0.4 is 10.6 Å². The molecule has 0 fully saturated rings. The van der Waals surface area contributed by atoms with Gasteiger partial charge in [0.25, 0.3) is 0 Å². The van der Waals surface area contributed by atoms with E-state index in [2.05, 4.69) is 48.5 Å². The number of aliphatic imine (C=N–C) groups is 1. The van der Waals surface area contributed by atoms with Crippen LogP contribution in [0.2, 0.25) is 0 Å². The molecule has 0 aliphatic heterocycles. The maximum atomic E-state index is 4.07. The van der Waals surface area contributed by atoms with Crippen molar-refractivity contribution in [1.82, 2.24) is 15.5 Å². The van der Waals surface area contributed by atoms with Crippen molar-refractivity contribution in [3.8, 4) is 0 Å². The quantitative estimate of drug-likeness (QED) is 0.509. The fourth-order valence-corrected chi connectivity index (χ4v) is 1.51. The average Bonchev–Trinajstić information content (AvgIpc) is 2.03. The van der Waals surface area contributed by atoms with Crippen LogP contribution in [0.3, 0.4) is 0 Å². The second-order valence-electron chi connectivity index (χ2n) is 4.58. The van der Waals surface area contributed by atoms with Crippen LogP contribution in [0, 0.1) is 5.41 Å². The Morgan fingerprint density at radius 2 is 1.93 bits per heavy atom. The SMILES string of the molecule is CN=C(NC)NCC(C)(C)CN(C)C. The van der Waals surface area contributed by atoms with Crippen molar-refractivity contribution < 1.29 is 0 Å². The van der Waals surface area contributed by atoms with Gasteiger partial charge in [0.15, 0.2) is 5.96 Å². The second-order valence-corrected chi connectivity index (χ2v) is 4.58. The minimum Gasteiger partial charge on any atom is -0.359 e. The lowest BCUT2D eigenvalue weighted by molar-refractivity contribution is 0.241. The van der Waals surface area contributed by atoms with Crippen LogP contribution in [0.4, 0.5) is 0 Å². The first kappa shape index (κ1) is 13.2. The molecule has 0 aromatic heterocycles. The van der Waals surface area contributed by atoms with E-state index in [1.165, 1.54) is 0 Å². The molecule has 0 amide bonds. The van der Waals surface area contributed by atoms with Gasteiger partial charge in [0.05, 0.1) is 0 Å². The summed E-state index contributed by atoms with van der Waals surface area (Å²) < 4.78 is 0. The van der Waals surface area contributed by atoms with E-state index in [0.29, 0.717) is 0 Å². The lowest BCUT2D eigenvalue weighted by atomic mass is 9.93. The summed E-state index contributed by atoms with van der Waals surface area (Å²) in [6.45, 7) is 6.45. The fourth-order valence-electron chi connectivity index (χ4n) is 1.51. The summed E-state index contributed by atoms with van der Waals surface area (Å²) in [5.74, 6) is 0.844. The number of nitrogens with one attached hydrogen (secondary N) is 2. The van der Waals surface area contributed by atoms with Crippen molar-refractivity contribution in [3.05, 3.63) is 0 Å². The van der Waals surface area contributed by atoms with Crippen LogP contribution in [0.1, 0.15) is 13.8 Å². The van der Waals surface area contributed by atoms with Crippen LogP contribution >= 0.6 is 0 Å². The Morgan fingerprint density at radius 3 is 2.29 bits per heavy atom. The third kappa shape index (κ3) is 5.80. The molecule has 4 heteroatoms. The Labute approximate surface area is 87.8 Å². The van der Waals surface area contributed by atoms with Crippen LogP contribution in [-0.4, -0.2) is 52.1 Å². The molecular weight excluding hydrogens is 176 g/mol. The van der Waals surface area contributed by atoms with E-state index in [0.717, 1.165) is 19.0 Å². The molecule has 0 saturated heterocycles. The third-order valence-electron chi connectivity index (χ3n) is 1.94. The van der Waals surface area contributed by atoms with Gasteiger partial charge in [-0.2, -0.15) is 0 Å². The normalized spacial score (nSPS) is 13.2. The predicted molar refractivity (Wildman–Crippen MR) is 62.8 cm³/mol. The first-order valence-electron chi connectivity index (χ1n) is 4.94. The molecule has 84 valence electrons. The van der Waals surface area contributed by atoms with Gasteiger partial charge in [-0.15, -0.1) is 0 Å². The minimum absolute atomic E-state index is 0.246. The molecule has 0 spiro atoms. The molecule has 0 aliphatic carbocycles. The summed E-state index contributed by atoms with van der Waals surface area (Å²) in [5, 5.41) is 6.28. The van der Waals surface area contributed by atoms with Crippen molar-refractivity contribution in [3.63, 3.8) is 0 Å². The monoisotopic (exact) mass is 200 g/mol. The molecule has 0 aromatic carbocycles. The highest BCUT2D eigenvalue weighted by atomic mass is 15.2. The Morgan fingerprint density at radius 1 is 1.36 bits per heavy atom. The van der Waals surface area contributed by atoms with Crippen molar-refractivity contribution in [2.45, 2.75) is 13.8 Å². The lowest BCUT2D eigenvalue weighted by Gasteiger charge is -2.28. The molecule has 0 aromatic rings. The zero-order valence-electron chi connectivity index (χ0n) is 10.3. The topological polar surface area (TPSA) is 39.7 Å². The highest BCUT2D eigenvalue weighted by Gasteiger charge is 2.18. The fraction of sp³-hybridized carbons (Fsp3) is 0.900. The average molecular weight is 200 g/mol. The van der Waals surface area contributed by atoms with Gasteiger partial charge in [0, 0.05) is 27.2 Å². The molecule has 0 saturated carbocycles. The lowest BCUT2D eigenvalue weighted by Crippen LogP contribution is -2.43. The number of nitrogens with zero attached hydrogens (tertiary/aromatic N) is 2. The maximum absolute atomic E-state index is 4.07. The van der Waals surface area contributed by atoms with Crippen LogP contribution in [0.15, 0.2) is 4.99 Å². The molecule has 0 aliphatic rings.